The van der Waals surface area contributed by atoms with Crippen molar-refractivity contribution < 1.29 is 9.21 Å². The molecule has 1 atom stereocenters. The van der Waals surface area contributed by atoms with Crippen molar-refractivity contribution >= 4 is 29.5 Å². The standard InChI is InChI=1S/C18H18N2O2S2/c1-12-5-7-14(8-6-12)15-11-24-18(23)20(15)10-17(21)19-13(2)16-4-3-9-22-16/h3-9,11,13H,10H2,1-2H3,(H,19,21)/t13-/m0/s1. The number of amides is 1. The van der Waals surface area contributed by atoms with E-state index < -0.39 is 0 Å². The van der Waals surface area contributed by atoms with Crippen LogP contribution in [-0.4, -0.2) is 10.5 Å². The highest BCUT2D eigenvalue weighted by Gasteiger charge is 2.15. The summed E-state index contributed by atoms with van der Waals surface area (Å²) in [6.45, 7) is 4.13. The lowest BCUT2D eigenvalue weighted by molar-refractivity contribution is -0.122. The molecule has 24 heavy (non-hydrogen) atoms. The molecule has 1 aromatic carbocycles. The molecule has 3 rings (SSSR count). The van der Waals surface area contributed by atoms with E-state index >= 15 is 0 Å². The van der Waals surface area contributed by atoms with Crippen LogP contribution < -0.4 is 5.32 Å². The van der Waals surface area contributed by atoms with E-state index in [2.05, 4.69) is 17.4 Å². The third-order valence-electron chi connectivity index (χ3n) is 3.78. The maximum absolute atomic E-state index is 12.4. The number of nitrogens with zero attached hydrogens (tertiary/aromatic N) is 1. The van der Waals surface area contributed by atoms with Gasteiger partial charge in [-0.3, -0.25) is 4.79 Å². The SMILES string of the molecule is Cc1ccc(-c2csc(=S)n2CC(=O)N[C@@H](C)c2ccco2)cc1. The molecule has 2 aromatic heterocycles. The minimum absolute atomic E-state index is 0.0956. The Morgan fingerprint density at radius 3 is 2.75 bits per heavy atom. The highest BCUT2D eigenvalue weighted by molar-refractivity contribution is 7.73. The van der Waals surface area contributed by atoms with Gasteiger partial charge in [0.1, 0.15) is 12.3 Å². The van der Waals surface area contributed by atoms with Crippen molar-refractivity contribution in [3.63, 3.8) is 0 Å². The number of aromatic nitrogens is 1. The molecule has 6 heteroatoms. The Morgan fingerprint density at radius 1 is 1.33 bits per heavy atom. The normalized spacial score (nSPS) is 12.1. The number of benzene rings is 1. The van der Waals surface area contributed by atoms with Crippen molar-refractivity contribution in [2.24, 2.45) is 0 Å². The maximum atomic E-state index is 12.4. The Kier molecular flexibility index (Phi) is 4.97. The lowest BCUT2D eigenvalue weighted by Crippen LogP contribution is -2.30. The fourth-order valence-electron chi connectivity index (χ4n) is 2.47. The third kappa shape index (κ3) is 3.66. The summed E-state index contributed by atoms with van der Waals surface area (Å²) in [5.41, 5.74) is 3.22. The summed E-state index contributed by atoms with van der Waals surface area (Å²) in [5.74, 6) is 0.637. The van der Waals surface area contributed by atoms with Gasteiger partial charge in [0.2, 0.25) is 5.91 Å². The van der Waals surface area contributed by atoms with Crippen molar-refractivity contribution in [1.29, 1.82) is 0 Å². The molecule has 3 aromatic rings. The molecule has 4 nitrogen and oxygen atoms in total. The van der Waals surface area contributed by atoms with Gasteiger partial charge in [-0.15, -0.1) is 11.3 Å². The number of nitrogens with one attached hydrogen (secondary N) is 1. The van der Waals surface area contributed by atoms with Crippen LogP contribution in [-0.2, 0) is 11.3 Å². The van der Waals surface area contributed by atoms with Crippen molar-refractivity contribution in [3.8, 4) is 11.3 Å². The van der Waals surface area contributed by atoms with E-state index in [0.29, 0.717) is 3.95 Å². The molecule has 0 fully saturated rings. The number of furan rings is 1. The molecule has 1 N–H and O–H groups in total. The second kappa shape index (κ2) is 7.15. The summed E-state index contributed by atoms with van der Waals surface area (Å²) < 4.78 is 7.88. The second-order valence-corrected chi connectivity index (χ2v) is 7.15. The maximum Gasteiger partial charge on any atom is 0.240 e. The molecule has 0 spiro atoms. The van der Waals surface area contributed by atoms with E-state index in [9.17, 15) is 4.79 Å². The first-order chi connectivity index (χ1) is 11.5. The van der Waals surface area contributed by atoms with E-state index in [1.807, 2.05) is 48.1 Å². The number of thiazole rings is 1. The summed E-state index contributed by atoms with van der Waals surface area (Å²) in [6, 6.07) is 11.7. The number of hydrogen-bond donors (Lipinski definition) is 1. The largest absolute Gasteiger partial charge is 0.467 e. The van der Waals surface area contributed by atoms with Crippen LogP contribution in [0.2, 0.25) is 0 Å². The van der Waals surface area contributed by atoms with Crippen molar-refractivity contribution in [2.75, 3.05) is 0 Å². The zero-order valence-corrected chi connectivity index (χ0v) is 15.1. The minimum Gasteiger partial charge on any atom is -0.467 e. The Hall–Kier alpha value is -2.18. The van der Waals surface area contributed by atoms with Crippen molar-refractivity contribution in [1.82, 2.24) is 9.88 Å². The van der Waals surface area contributed by atoms with Gasteiger partial charge in [0.05, 0.1) is 18.0 Å². The first-order valence-electron chi connectivity index (χ1n) is 7.62. The van der Waals surface area contributed by atoms with E-state index in [-0.39, 0.29) is 18.5 Å². The molecule has 0 bridgehead atoms. The Morgan fingerprint density at radius 2 is 2.08 bits per heavy atom. The molecule has 0 aliphatic carbocycles. The molecular weight excluding hydrogens is 340 g/mol. The number of hydrogen-bond acceptors (Lipinski definition) is 4. The average molecular weight is 358 g/mol. The smallest absolute Gasteiger partial charge is 0.240 e. The number of carbonyl (C=O) groups excluding carboxylic acids is 1. The fourth-order valence-corrected chi connectivity index (χ4v) is 3.54. The average Bonchev–Trinajstić information content (AvgIpc) is 3.20. The fraction of sp³-hybridized carbons (Fsp3) is 0.222. The lowest BCUT2D eigenvalue weighted by Gasteiger charge is -2.13. The minimum atomic E-state index is -0.178. The molecular formula is C18H18N2O2S2. The third-order valence-corrected chi connectivity index (χ3v) is 5.05. The summed E-state index contributed by atoms with van der Waals surface area (Å²) in [6.07, 6.45) is 1.60. The van der Waals surface area contributed by atoms with Gasteiger partial charge in [0, 0.05) is 5.38 Å². The summed E-state index contributed by atoms with van der Waals surface area (Å²) >= 11 is 6.86. The van der Waals surface area contributed by atoms with Crippen LogP contribution in [0.3, 0.4) is 0 Å². The van der Waals surface area contributed by atoms with Crippen molar-refractivity contribution in [2.45, 2.75) is 26.4 Å². The predicted molar refractivity (Wildman–Crippen MR) is 98.6 cm³/mol. The summed E-state index contributed by atoms with van der Waals surface area (Å²) in [5, 5.41) is 4.94. The molecule has 0 aliphatic rings. The number of rotatable bonds is 5. The van der Waals surface area contributed by atoms with E-state index in [4.69, 9.17) is 16.6 Å². The molecule has 0 radical (unpaired) electrons. The molecule has 2 heterocycles. The van der Waals surface area contributed by atoms with E-state index in [1.165, 1.54) is 16.9 Å². The Balaban J connectivity index is 1.78. The van der Waals surface area contributed by atoms with Crippen LogP contribution in [0.25, 0.3) is 11.3 Å². The van der Waals surface area contributed by atoms with Gasteiger partial charge in [-0.25, -0.2) is 0 Å². The van der Waals surface area contributed by atoms with Gasteiger partial charge in [-0.05, 0) is 43.8 Å². The molecule has 0 saturated carbocycles. The van der Waals surface area contributed by atoms with E-state index in [0.717, 1.165) is 17.0 Å². The first kappa shape index (κ1) is 16.7. The van der Waals surface area contributed by atoms with Gasteiger partial charge >= 0.3 is 0 Å². The molecule has 124 valence electrons. The van der Waals surface area contributed by atoms with Gasteiger partial charge in [0.25, 0.3) is 0 Å². The van der Waals surface area contributed by atoms with Gasteiger partial charge in [0.15, 0.2) is 3.95 Å². The van der Waals surface area contributed by atoms with Crippen LogP contribution >= 0.6 is 23.6 Å². The molecule has 0 saturated heterocycles. The van der Waals surface area contributed by atoms with Crippen LogP contribution in [0.5, 0.6) is 0 Å². The van der Waals surface area contributed by atoms with Crippen LogP contribution in [0, 0.1) is 10.9 Å². The quantitative estimate of drug-likeness (QED) is 0.671. The van der Waals surface area contributed by atoms with Crippen LogP contribution in [0.4, 0.5) is 0 Å². The molecule has 1 amide bonds. The first-order valence-corrected chi connectivity index (χ1v) is 8.91. The number of aryl methyl sites for hydroxylation is 1. The van der Waals surface area contributed by atoms with Gasteiger partial charge in [-0.1, -0.05) is 29.8 Å². The number of carbonyl (C=O) groups is 1. The molecule has 0 aliphatic heterocycles. The zero-order valence-electron chi connectivity index (χ0n) is 13.5. The van der Waals surface area contributed by atoms with Gasteiger partial charge < -0.3 is 14.3 Å². The van der Waals surface area contributed by atoms with Crippen LogP contribution in [0.15, 0.2) is 52.5 Å². The lowest BCUT2D eigenvalue weighted by atomic mass is 10.1. The summed E-state index contributed by atoms with van der Waals surface area (Å²) in [7, 11) is 0. The highest BCUT2D eigenvalue weighted by atomic mass is 32.1. The zero-order chi connectivity index (χ0) is 17.1. The van der Waals surface area contributed by atoms with Crippen molar-refractivity contribution in [3.05, 3.63) is 63.3 Å². The van der Waals surface area contributed by atoms with Crippen LogP contribution in [0.1, 0.15) is 24.3 Å². The summed E-state index contributed by atoms with van der Waals surface area (Å²) in [4.78, 5) is 12.4. The van der Waals surface area contributed by atoms with E-state index in [1.54, 1.807) is 6.26 Å². The van der Waals surface area contributed by atoms with Gasteiger partial charge in [-0.2, -0.15) is 0 Å². The predicted octanol–water partition coefficient (Wildman–Crippen LogP) is 4.72. The topological polar surface area (TPSA) is 47.2 Å². The molecule has 0 unspecified atom stereocenters. The Bertz CT molecular complexity index is 877. The second-order valence-electron chi connectivity index (χ2n) is 5.64. The Labute approximate surface area is 149 Å². The monoisotopic (exact) mass is 358 g/mol. The highest BCUT2D eigenvalue weighted by Crippen LogP contribution is 2.24.